The van der Waals surface area contributed by atoms with Crippen molar-refractivity contribution in [3.63, 3.8) is 0 Å². The predicted molar refractivity (Wildman–Crippen MR) is 129 cm³/mol. The monoisotopic (exact) mass is 475 g/mol. The molecule has 0 radical (unpaired) electrons. The van der Waals surface area contributed by atoms with Crippen LogP contribution in [0.5, 0.6) is 0 Å². The van der Waals surface area contributed by atoms with Gasteiger partial charge in [-0.15, -0.1) is 4.83 Å². The average Bonchev–Trinajstić information content (AvgIpc) is 2.80. The van der Waals surface area contributed by atoms with Gasteiger partial charge in [0.2, 0.25) is 5.91 Å². The van der Waals surface area contributed by atoms with Crippen molar-refractivity contribution in [3.05, 3.63) is 46.5 Å². The highest BCUT2D eigenvalue weighted by atomic mass is 32.2. The first-order chi connectivity index (χ1) is 15.7. The van der Waals surface area contributed by atoms with Gasteiger partial charge in [0.25, 0.3) is 10.2 Å². The van der Waals surface area contributed by atoms with Gasteiger partial charge in [0.05, 0.1) is 11.5 Å². The van der Waals surface area contributed by atoms with E-state index in [0.29, 0.717) is 19.0 Å². The van der Waals surface area contributed by atoms with Crippen LogP contribution in [-0.2, 0) is 20.4 Å². The minimum absolute atomic E-state index is 0.00390. The molecule has 33 heavy (non-hydrogen) atoms. The van der Waals surface area contributed by atoms with E-state index in [0.717, 1.165) is 51.6 Å². The smallest absolute Gasteiger partial charge is 0.287 e. The minimum Gasteiger partial charge on any atom is -0.333 e. The topological polar surface area (TPSA) is 117 Å². The fourth-order valence-corrected chi connectivity index (χ4v) is 6.40. The van der Waals surface area contributed by atoms with Gasteiger partial charge >= 0.3 is 0 Å². The van der Waals surface area contributed by atoms with Crippen LogP contribution in [0, 0.1) is 5.92 Å². The maximum atomic E-state index is 14.2. The average molecular weight is 476 g/mol. The zero-order chi connectivity index (χ0) is 23.6. The van der Waals surface area contributed by atoms with Gasteiger partial charge in [-0.05, 0) is 82.5 Å². The Morgan fingerprint density at radius 2 is 1.85 bits per heavy atom. The Morgan fingerprint density at radius 1 is 1.18 bits per heavy atom. The second-order valence-electron chi connectivity index (χ2n) is 9.88. The van der Waals surface area contributed by atoms with Gasteiger partial charge in [0.15, 0.2) is 0 Å². The molecule has 182 valence electrons. The molecule has 5 N–H and O–H groups in total. The molecule has 2 aliphatic heterocycles. The summed E-state index contributed by atoms with van der Waals surface area (Å²) in [6.45, 7) is 6.72. The maximum absolute atomic E-state index is 14.2. The number of piperidine rings is 1. The normalized spacial score (nSPS) is 25.2. The lowest BCUT2D eigenvalue weighted by Gasteiger charge is -2.51. The zero-order valence-corrected chi connectivity index (χ0v) is 20.5. The van der Waals surface area contributed by atoms with E-state index in [1.165, 1.54) is 16.7 Å². The number of carbonyl (C=O) groups is 1. The van der Waals surface area contributed by atoms with Crippen molar-refractivity contribution in [1.29, 1.82) is 0 Å². The van der Waals surface area contributed by atoms with Crippen molar-refractivity contribution in [2.24, 2.45) is 11.1 Å². The molecule has 4 rings (SSSR count). The number of amides is 1. The number of hydrogen-bond acceptors (Lipinski definition) is 5. The summed E-state index contributed by atoms with van der Waals surface area (Å²) in [7, 11) is -3.84. The lowest BCUT2D eigenvalue weighted by atomic mass is 9.64. The van der Waals surface area contributed by atoms with Crippen LogP contribution in [0.1, 0.15) is 69.5 Å². The molecule has 1 saturated heterocycles. The molecule has 2 heterocycles. The van der Waals surface area contributed by atoms with Gasteiger partial charge in [-0.2, -0.15) is 8.42 Å². The predicted octanol–water partition coefficient (Wildman–Crippen LogP) is 2.02. The van der Waals surface area contributed by atoms with Crippen molar-refractivity contribution >= 4 is 16.1 Å². The standard InChI is InChI=1S/C24H37N5O3S/c1-17(2)18-7-9-19(10-8-18)22-20-5-3-4-6-21(20)24(11-13-26-14-12-24)23(30)29(22)16-15-27-28-33(25,31)32/h3-6,19,22,26-28H,7-16H2,1-2H3,(H2,25,31,32). The fraction of sp³-hybridized carbons (Fsp3) is 0.625. The third kappa shape index (κ3) is 5.02. The summed E-state index contributed by atoms with van der Waals surface area (Å²) >= 11 is 0. The molecule has 1 atom stereocenters. The van der Waals surface area contributed by atoms with Gasteiger partial charge in [-0.25, -0.2) is 10.6 Å². The Labute approximate surface area is 197 Å². The Bertz CT molecular complexity index is 1000. The van der Waals surface area contributed by atoms with Crippen LogP contribution >= 0.6 is 0 Å². The molecule has 9 heteroatoms. The summed E-state index contributed by atoms with van der Waals surface area (Å²) in [5, 5.41) is 8.45. The van der Waals surface area contributed by atoms with Crippen LogP contribution in [-0.4, -0.2) is 45.4 Å². The largest absolute Gasteiger partial charge is 0.333 e. The number of nitrogens with zero attached hydrogens (tertiary/aromatic N) is 1. The molecule has 1 aromatic carbocycles. The molecule has 2 fully saturated rings. The minimum atomic E-state index is -3.84. The van der Waals surface area contributed by atoms with E-state index in [4.69, 9.17) is 5.14 Å². The number of carbonyl (C=O) groups excluding carboxylic acids is 1. The molecular weight excluding hydrogens is 438 g/mol. The lowest BCUT2D eigenvalue weighted by Crippen LogP contribution is -2.59. The van der Waals surface area contributed by atoms with Gasteiger partial charge in [0.1, 0.15) is 0 Å². The fourth-order valence-electron chi connectivity index (χ4n) is 6.09. The number of nitrogens with two attached hydrogens (primary N) is 1. The summed E-state index contributed by atoms with van der Waals surface area (Å²) in [5.41, 5.74) is 7.59. The van der Waals surface area contributed by atoms with E-state index in [-0.39, 0.29) is 11.9 Å². The molecular formula is C24H37N5O3S. The zero-order valence-electron chi connectivity index (χ0n) is 19.7. The number of hydrogen-bond donors (Lipinski definition) is 4. The van der Waals surface area contributed by atoms with Crippen molar-refractivity contribution in [2.45, 2.75) is 63.8 Å². The highest BCUT2D eigenvalue weighted by Crippen LogP contribution is 2.50. The number of hydrazine groups is 1. The van der Waals surface area contributed by atoms with Crippen molar-refractivity contribution in [3.8, 4) is 0 Å². The summed E-state index contributed by atoms with van der Waals surface area (Å²) in [5.74, 6) is 0.557. The molecule has 1 unspecified atom stereocenters. The molecule has 3 aliphatic rings. The summed E-state index contributed by atoms with van der Waals surface area (Å²) in [6, 6.07) is 8.51. The van der Waals surface area contributed by atoms with Crippen molar-refractivity contribution < 1.29 is 13.2 Å². The third-order valence-corrected chi connectivity index (χ3v) is 8.17. The van der Waals surface area contributed by atoms with Crippen molar-refractivity contribution in [2.75, 3.05) is 26.2 Å². The van der Waals surface area contributed by atoms with E-state index in [1.807, 2.05) is 4.90 Å². The number of benzene rings is 1. The van der Waals surface area contributed by atoms with Crippen LogP contribution in [0.2, 0.25) is 0 Å². The second kappa shape index (κ2) is 9.84. The molecule has 8 nitrogen and oxygen atoms in total. The summed E-state index contributed by atoms with van der Waals surface area (Å²) < 4.78 is 22.5. The Balaban J connectivity index is 1.67. The number of fused-ring (bicyclic) bond motifs is 2. The highest BCUT2D eigenvalue weighted by molar-refractivity contribution is 7.87. The molecule has 1 spiro atoms. The van der Waals surface area contributed by atoms with Crippen molar-refractivity contribution in [1.82, 2.24) is 20.5 Å². The van der Waals surface area contributed by atoms with Crippen LogP contribution in [0.15, 0.2) is 35.4 Å². The van der Waals surface area contributed by atoms with Gasteiger partial charge in [0, 0.05) is 13.1 Å². The highest BCUT2D eigenvalue weighted by Gasteiger charge is 2.52. The number of allylic oxidation sites excluding steroid dienone is 2. The van der Waals surface area contributed by atoms with Crippen LogP contribution in [0.3, 0.4) is 0 Å². The van der Waals surface area contributed by atoms with E-state index >= 15 is 0 Å². The van der Waals surface area contributed by atoms with Gasteiger partial charge in [-0.3, -0.25) is 4.79 Å². The summed E-state index contributed by atoms with van der Waals surface area (Å²) in [4.78, 5) is 18.3. The molecule has 0 aromatic heterocycles. The first-order valence-corrected chi connectivity index (χ1v) is 13.6. The molecule has 1 aromatic rings. The van der Waals surface area contributed by atoms with Gasteiger partial charge < -0.3 is 10.2 Å². The molecule has 1 aliphatic carbocycles. The number of nitrogens with one attached hydrogen (secondary N) is 3. The third-order valence-electron chi connectivity index (χ3n) is 7.74. The van der Waals surface area contributed by atoms with E-state index < -0.39 is 15.6 Å². The van der Waals surface area contributed by atoms with E-state index in [9.17, 15) is 13.2 Å². The first kappa shape index (κ1) is 24.3. The quantitative estimate of drug-likeness (QED) is 0.285. The Kier molecular flexibility index (Phi) is 7.26. The second-order valence-corrected chi connectivity index (χ2v) is 11.2. The maximum Gasteiger partial charge on any atom is 0.287 e. The van der Waals surface area contributed by atoms with Crippen LogP contribution < -0.4 is 20.7 Å². The summed E-state index contributed by atoms with van der Waals surface area (Å²) in [6.07, 6.45) is 5.83. The van der Waals surface area contributed by atoms with Crippen LogP contribution in [0.4, 0.5) is 0 Å². The molecule has 1 amide bonds. The lowest BCUT2D eigenvalue weighted by molar-refractivity contribution is -0.145. The molecule has 1 saturated carbocycles. The Hall–Kier alpha value is -1.78. The Morgan fingerprint density at radius 3 is 2.48 bits per heavy atom. The SMILES string of the molecule is CC(C)=C1CCC(C2c3ccccc3C3(CCNCC3)C(=O)N2CCNNS(N)(=O)=O)CC1. The van der Waals surface area contributed by atoms with E-state index in [1.54, 1.807) is 5.57 Å². The van der Waals surface area contributed by atoms with Crippen LogP contribution in [0.25, 0.3) is 0 Å². The van der Waals surface area contributed by atoms with Gasteiger partial charge in [-0.1, -0.05) is 35.4 Å². The van der Waals surface area contributed by atoms with E-state index in [2.05, 4.69) is 53.7 Å². The first-order valence-electron chi connectivity index (χ1n) is 12.0. The number of rotatable bonds is 6. The molecule has 0 bridgehead atoms.